The van der Waals surface area contributed by atoms with E-state index in [1.807, 2.05) is 0 Å². The Morgan fingerprint density at radius 1 is 1.53 bits per heavy atom. The highest BCUT2D eigenvalue weighted by atomic mass is 19.1. The van der Waals surface area contributed by atoms with Crippen molar-refractivity contribution in [2.24, 2.45) is 0 Å². The predicted octanol–water partition coefficient (Wildman–Crippen LogP) is 1.33. The van der Waals surface area contributed by atoms with E-state index in [9.17, 15) is 9.18 Å². The third kappa shape index (κ3) is 2.18. The molecule has 0 bridgehead atoms. The number of likely N-dealkylation sites (tertiary alicyclic amines) is 1. The van der Waals surface area contributed by atoms with Crippen LogP contribution in [0, 0.1) is 12.7 Å². The van der Waals surface area contributed by atoms with Crippen LogP contribution in [-0.2, 0) is 4.79 Å². The minimum absolute atomic E-state index is 0.0883. The molecular formula is C12H15FN2O2. The molecule has 17 heavy (non-hydrogen) atoms. The zero-order valence-electron chi connectivity index (χ0n) is 9.87. The van der Waals surface area contributed by atoms with Crippen molar-refractivity contribution in [1.82, 2.24) is 4.90 Å². The molecule has 1 fully saturated rings. The van der Waals surface area contributed by atoms with Gasteiger partial charge in [-0.1, -0.05) is 0 Å². The van der Waals surface area contributed by atoms with Crippen molar-refractivity contribution in [3.63, 3.8) is 0 Å². The Morgan fingerprint density at radius 2 is 2.24 bits per heavy atom. The number of hydrogen-bond donors (Lipinski definition) is 1. The zero-order chi connectivity index (χ0) is 12.6. The molecule has 1 aromatic carbocycles. The van der Waals surface area contributed by atoms with Gasteiger partial charge in [0, 0.05) is 31.8 Å². The van der Waals surface area contributed by atoms with Gasteiger partial charge in [-0.15, -0.1) is 0 Å². The third-order valence-corrected chi connectivity index (χ3v) is 2.97. The number of nitrogens with zero attached hydrogens (tertiary/aromatic N) is 1. The van der Waals surface area contributed by atoms with Crippen LogP contribution in [0.1, 0.15) is 12.0 Å². The first kappa shape index (κ1) is 11.7. The van der Waals surface area contributed by atoms with Crippen molar-refractivity contribution in [3.8, 4) is 5.75 Å². The lowest BCUT2D eigenvalue weighted by molar-refractivity contribution is -0.132. The van der Waals surface area contributed by atoms with Crippen LogP contribution >= 0.6 is 0 Å². The molecule has 0 radical (unpaired) electrons. The first-order valence-corrected chi connectivity index (χ1v) is 5.46. The summed E-state index contributed by atoms with van der Waals surface area (Å²) in [7, 11) is 1.70. The Balaban J connectivity index is 2.19. The second kappa shape index (κ2) is 4.24. The van der Waals surface area contributed by atoms with Crippen molar-refractivity contribution < 1.29 is 13.9 Å². The molecule has 0 spiro atoms. The molecule has 1 amide bonds. The van der Waals surface area contributed by atoms with Crippen molar-refractivity contribution in [1.29, 1.82) is 0 Å². The summed E-state index contributed by atoms with van der Waals surface area (Å²) in [6.07, 6.45) is -0.00408. The zero-order valence-corrected chi connectivity index (χ0v) is 9.87. The van der Waals surface area contributed by atoms with Gasteiger partial charge in [0.05, 0.1) is 0 Å². The van der Waals surface area contributed by atoms with Crippen LogP contribution in [-0.4, -0.2) is 30.5 Å². The number of halogens is 1. The maximum Gasteiger partial charge on any atom is 0.263 e. The highest BCUT2D eigenvalue weighted by molar-refractivity contribution is 5.83. The Morgan fingerprint density at radius 3 is 2.82 bits per heavy atom. The smallest absolute Gasteiger partial charge is 0.263 e. The maximum absolute atomic E-state index is 13.6. The number of anilines is 1. The highest BCUT2D eigenvalue weighted by Gasteiger charge is 2.31. The number of likely N-dealkylation sites (N-methyl/N-ethyl adjacent to an activating group) is 1. The molecule has 1 heterocycles. The number of amides is 1. The number of nitrogens with two attached hydrogens (primary N) is 1. The van der Waals surface area contributed by atoms with E-state index in [4.69, 9.17) is 10.5 Å². The van der Waals surface area contributed by atoms with Gasteiger partial charge >= 0.3 is 0 Å². The molecule has 0 aromatic heterocycles. The number of rotatable bonds is 2. The van der Waals surface area contributed by atoms with Crippen LogP contribution in [0.4, 0.5) is 10.1 Å². The fourth-order valence-electron chi connectivity index (χ4n) is 1.81. The Bertz CT molecular complexity index is 462. The minimum atomic E-state index is -0.586. The van der Waals surface area contributed by atoms with Gasteiger partial charge in [0.15, 0.2) is 17.7 Å². The number of benzene rings is 1. The van der Waals surface area contributed by atoms with E-state index < -0.39 is 11.9 Å². The van der Waals surface area contributed by atoms with Gasteiger partial charge in [-0.2, -0.15) is 0 Å². The van der Waals surface area contributed by atoms with Gasteiger partial charge in [0.25, 0.3) is 5.91 Å². The average molecular weight is 238 g/mol. The number of nitrogen functional groups attached to an aromatic ring is 1. The molecule has 0 saturated carbocycles. The summed E-state index contributed by atoms with van der Waals surface area (Å²) in [5.74, 6) is -0.556. The van der Waals surface area contributed by atoms with E-state index in [0.29, 0.717) is 18.7 Å². The number of carbonyl (C=O) groups excluding carboxylic acids is 1. The Labute approximate surface area is 99.2 Å². The van der Waals surface area contributed by atoms with Crippen LogP contribution in [0.25, 0.3) is 0 Å². The van der Waals surface area contributed by atoms with Gasteiger partial charge in [-0.3, -0.25) is 4.79 Å². The van der Waals surface area contributed by atoms with E-state index >= 15 is 0 Å². The summed E-state index contributed by atoms with van der Waals surface area (Å²) < 4.78 is 19.0. The highest BCUT2D eigenvalue weighted by Crippen LogP contribution is 2.26. The van der Waals surface area contributed by atoms with Crippen LogP contribution in [0.15, 0.2) is 12.1 Å². The Hall–Kier alpha value is -1.78. The quantitative estimate of drug-likeness (QED) is 0.791. The van der Waals surface area contributed by atoms with Crippen LogP contribution in [0.2, 0.25) is 0 Å². The molecule has 1 aliphatic heterocycles. The molecule has 1 saturated heterocycles. The molecule has 5 heteroatoms. The van der Waals surface area contributed by atoms with Crippen molar-refractivity contribution >= 4 is 11.6 Å². The van der Waals surface area contributed by atoms with E-state index in [0.717, 1.165) is 5.56 Å². The maximum atomic E-state index is 13.6. The first-order valence-electron chi connectivity index (χ1n) is 5.46. The van der Waals surface area contributed by atoms with Crippen molar-refractivity contribution in [3.05, 3.63) is 23.5 Å². The summed E-state index contributed by atoms with van der Waals surface area (Å²) in [4.78, 5) is 13.2. The summed E-state index contributed by atoms with van der Waals surface area (Å²) in [5, 5.41) is 0. The number of ether oxygens (including phenoxy) is 1. The van der Waals surface area contributed by atoms with Crippen LogP contribution < -0.4 is 10.5 Å². The topological polar surface area (TPSA) is 55.6 Å². The first-order chi connectivity index (χ1) is 7.99. The standard InChI is InChI=1S/C12H15FN2O2/c1-7-5-11(8(13)6-9(7)14)17-10-3-4-15(2)12(10)16/h5-6,10H,3-4,14H2,1-2H3. The molecule has 92 valence electrons. The lowest BCUT2D eigenvalue weighted by Crippen LogP contribution is -2.29. The van der Waals surface area contributed by atoms with Gasteiger partial charge in [0.1, 0.15) is 0 Å². The third-order valence-electron chi connectivity index (χ3n) is 2.97. The normalized spacial score (nSPS) is 19.8. The van der Waals surface area contributed by atoms with Gasteiger partial charge in [0.2, 0.25) is 0 Å². The van der Waals surface area contributed by atoms with Gasteiger partial charge in [-0.25, -0.2) is 4.39 Å². The van der Waals surface area contributed by atoms with E-state index in [-0.39, 0.29) is 11.7 Å². The molecule has 1 atom stereocenters. The molecule has 2 N–H and O–H groups in total. The predicted molar refractivity (Wildman–Crippen MR) is 62.2 cm³/mol. The van der Waals surface area contributed by atoms with E-state index in [1.165, 1.54) is 12.1 Å². The lowest BCUT2D eigenvalue weighted by atomic mass is 10.2. The van der Waals surface area contributed by atoms with E-state index in [1.54, 1.807) is 18.9 Å². The summed E-state index contributed by atoms with van der Waals surface area (Å²) in [6.45, 7) is 2.41. The second-order valence-electron chi connectivity index (χ2n) is 4.29. The number of aryl methyl sites for hydroxylation is 1. The molecular weight excluding hydrogens is 223 g/mol. The molecule has 2 rings (SSSR count). The van der Waals surface area contributed by atoms with E-state index in [2.05, 4.69) is 0 Å². The monoisotopic (exact) mass is 238 g/mol. The summed E-state index contributed by atoms with van der Waals surface area (Å²) in [5.41, 5.74) is 6.69. The Kier molecular flexibility index (Phi) is 2.92. The SMILES string of the molecule is Cc1cc(OC2CCN(C)C2=O)c(F)cc1N. The van der Waals surface area contributed by atoms with Crippen molar-refractivity contribution in [2.45, 2.75) is 19.4 Å². The fourth-order valence-corrected chi connectivity index (χ4v) is 1.81. The molecule has 0 aliphatic carbocycles. The van der Waals surface area contributed by atoms with Gasteiger partial charge in [-0.05, 0) is 18.6 Å². The van der Waals surface area contributed by atoms with Crippen LogP contribution in [0.5, 0.6) is 5.75 Å². The number of carbonyl (C=O) groups is 1. The fraction of sp³-hybridized carbons (Fsp3) is 0.417. The average Bonchev–Trinajstić information content (AvgIpc) is 2.58. The largest absolute Gasteiger partial charge is 0.477 e. The molecule has 4 nitrogen and oxygen atoms in total. The summed E-state index contributed by atoms with van der Waals surface area (Å²) in [6, 6.07) is 2.74. The van der Waals surface area contributed by atoms with Gasteiger partial charge < -0.3 is 15.4 Å². The molecule has 1 unspecified atom stereocenters. The van der Waals surface area contributed by atoms with Crippen LogP contribution in [0.3, 0.4) is 0 Å². The van der Waals surface area contributed by atoms with Crippen molar-refractivity contribution in [2.75, 3.05) is 19.3 Å². The second-order valence-corrected chi connectivity index (χ2v) is 4.29. The molecule has 1 aromatic rings. The minimum Gasteiger partial charge on any atom is -0.477 e. The number of hydrogen-bond acceptors (Lipinski definition) is 3. The molecule has 1 aliphatic rings. The lowest BCUT2D eigenvalue weighted by Gasteiger charge is -2.14. The summed E-state index contributed by atoms with van der Waals surface area (Å²) >= 11 is 0.